The number of piperidine rings is 1. The lowest BCUT2D eigenvalue weighted by Crippen LogP contribution is -2.56. The number of nitrogens with zero attached hydrogens (tertiary/aromatic N) is 2. The molecule has 0 bridgehead atoms. The summed E-state index contributed by atoms with van der Waals surface area (Å²) in [6.45, 7) is 8.93. The highest BCUT2D eigenvalue weighted by Crippen LogP contribution is 2.20. The molecule has 2 atom stereocenters. The van der Waals surface area contributed by atoms with Crippen molar-refractivity contribution in [3.8, 4) is 0 Å². The Hall–Kier alpha value is -1.39. The van der Waals surface area contributed by atoms with Crippen LogP contribution >= 0.6 is 0 Å². The molecule has 4 heteroatoms. The Morgan fingerprint density at radius 1 is 1.32 bits per heavy atom. The summed E-state index contributed by atoms with van der Waals surface area (Å²) in [5, 5.41) is 0. The van der Waals surface area contributed by atoms with E-state index in [1.807, 2.05) is 11.0 Å². The van der Waals surface area contributed by atoms with Gasteiger partial charge in [0.2, 0.25) is 5.91 Å². The van der Waals surface area contributed by atoms with Gasteiger partial charge in [-0.25, -0.2) is 0 Å². The lowest BCUT2D eigenvalue weighted by atomic mass is 10.0. The van der Waals surface area contributed by atoms with Crippen molar-refractivity contribution in [1.82, 2.24) is 9.80 Å². The Kier molecular flexibility index (Phi) is 5.98. The van der Waals surface area contributed by atoms with Crippen LogP contribution in [-0.2, 0) is 11.3 Å². The normalized spacial score (nSPS) is 20.9. The molecular formula is C18H29N3O. The minimum atomic E-state index is -0.424. The molecule has 122 valence electrons. The Labute approximate surface area is 134 Å². The fraction of sp³-hybridized carbons (Fsp3) is 0.611. The van der Waals surface area contributed by atoms with Gasteiger partial charge in [-0.2, -0.15) is 0 Å². The van der Waals surface area contributed by atoms with Gasteiger partial charge >= 0.3 is 0 Å². The summed E-state index contributed by atoms with van der Waals surface area (Å²) >= 11 is 0. The maximum atomic E-state index is 12.4. The zero-order chi connectivity index (χ0) is 16.1. The molecule has 1 aliphatic rings. The van der Waals surface area contributed by atoms with Gasteiger partial charge in [0, 0.05) is 25.2 Å². The van der Waals surface area contributed by atoms with E-state index in [0.717, 1.165) is 32.5 Å². The molecule has 1 fully saturated rings. The maximum absolute atomic E-state index is 12.4. The molecule has 2 unspecified atom stereocenters. The molecule has 0 aromatic heterocycles. The molecule has 2 N–H and O–H groups in total. The molecule has 1 heterocycles. The minimum absolute atomic E-state index is 0.0709. The van der Waals surface area contributed by atoms with E-state index in [4.69, 9.17) is 5.73 Å². The monoisotopic (exact) mass is 303 g/mol. The summed E-state index contributed by atoms with van der Waals surface area (Å²) in [7, 11) is 0. The van der Waals surface area contributed by atoms with Crippen molar-refractivity contribution in [3.05, 3.63) is 35.9 Å². The molecule has 1 aromatic carbocycles. The van der Waals surface area contributed by atoms with Crippen molar-refractivity contribution in [3.63, 3.8) is 0 Å². The molecule has 0 saturated carbocycles. The van der Waals surface area contributed by atoms with Crippen molar-refractivity contribution in [1.29, 1.82) is 0 Å². The summed E-state index contributed by atoms with van der Waals surface area (Å²) in [6.07, 6.45) is 2.20. The zero-order valence-electron chi connectivity index (χ0n) is 14.0. The molecule has 0 radical (unpaired) electrons. The van der Waals surface area contributed by atoms with E-state index in [-0.39, 0.29) is 18.0 Å². The molecule has 1 saturated heterocycles. The van der Waals surface area contributed by atoms with Crippen LogP contribution in [-0.4, -0.2) is 46.9 Å². The van der Waals surface area contributed by atoms with Crippen LogP contribution in [0.15, 0.2) is 30.3 Å². The van der Waals surface area contributed by atoms with E-state index in [0.29, 0.717) is 0 Å². The highest BCUT2D eigenvalue weighted by Gasteiger charge is 2.31. The summed E-state index contributed by atoms with van der Waals surface area (Å²) in [5.74, 6) is 0.0709. The molecule has 22 heavy (non-hydrogen) atoms. The average Bonchev–Trinajstić information content (AvgIpc) is 2.48. The third-order valence-corrected chi connectivity index (χ3v) is 4.32. The van der Waals surface area contributed by atoms with Crippen molar-refractivity contribution in [2.24, 2.45) is 5.73 Å². The third-order valence-electron chi connectivity index (χ3n) is 4.32. The lowest BCUT2D eigenvalue weighted by molar-refractivity contribution is -0.138. The Morgan fingerprint density at radius 3 is 2.59 bits per heavy atom. The molecule has 1 aliphatic heterocycles. The van der Waals surface area contributed by atoms with Gasteiger partial charge < -0.3 is 10.6 Å². The number of hydrogen-bond acceptors (Lipinski definition) is 3. The lowest BCUT2D eigenvalue weighted by Gasteiger charge is -2.42. The standard InChI is InChI=1S/C18H29N3O/c1-14(2)21(18(22)15(3)19)17-10-7-11-20(13-17)12-16-8-5-4-6-9-16/h4-6,8-9,14-15,17H,7,10-13,19H2,1-3H3. The van der Waals surface area contributed by atoms with E-state index in [1.165, 1.54) is 5.56 Å². The van der Waals surface area contributed by atoms with Gasteiger partial charge in [0.15, 0.2) is 0 Å². The van der Waals surface area contributed by atoms with Gasteiger partial charge in [-0.3, -0.25) is 9.69 Å². The van der Waals surface area contributed by atoms with Crippen LogP contribution in [0.3, 0.4) is 0 Å². The summed E-state index contributed by atoms with van der Waals surface area (Å²) in [6, 6.07) is 10.6. The van der Waals surface area contributed by atoms with Crippen LogP contribution in [0.4, 0.5) is 0 Å². The molecule has 0 aliphatic carbocycles. The minimum Gasteiger partial charge on any atom is -0.335 e. The highest BCUT2D eigenvalue weighted by atomic mass is 16.2. The van der Waals surface area contributed by atoms with Crippen LogP contribution in [0, 0.1) is 0 Å². The summed E-state index contributed by atoms with van der Waals surface area (Å²) < 4.78 is 0. The first-order chi connectivity index (χ1) is 10.5. The number of benzene rings is 1. The number of rotatable bonds is 5. The molecule has 4 nitrogen and oxygen atoms in total. The van der Waals surface area contributed by atoms with Gasteiger partial charge in [-0.1, -0.05) is 30.3 Å². The molecule has 2 rings (SSSR count). The van der Waals surface area contributed by atoms with Crippen LogP contribution in [0.25, 0.3) is 0 Å². The maximum Gasteiger partial charge on any atom is 0.239 e. The zero-order valence-corrected chi connectivity index (χ0v) is 14.0. The fourth-order valence-electron chi connectivity index (χ4n) is 3.33. The molecule has 1 aromatic rings. The molecular weight excluding hydrogens is 274 g/mol. The largest absolute Gasteiger partial charge is 0.335 e. The van der Waals surface area contributed by atoms with Gasteiger partial charge in [0.25, 0.3) is 0 Å². The van der Waals surface area contributed by atoms with Crippen LogP contribution in [0.2, 0.25) is 0 Å². The van der Waals surface area contributed by atoms with E-state index < -0.39 is 6.04 Å². The molecule has 0 spiro atoms. The Bertz CT molecular complexity index is 472. The van der Waals surface area contributed by atoms with Gasteiger partial charge in [-0.15, -0.1) is 0 Å². The Morgan fingerprint density at radius 2 is 2.00 bits per heavy atom. The predicted molar refractivity (Wildman–Crippen MR) is 90.4 cm³/mol. The predicted octanol–water partition coefficient (Wildman–Crippen LogP) is 2.24. The Balaban J connectivity index is 2.03. The highest BCUT2D eigenvalue weighted by molar-refractivity contribution is 5.81. The van der Waals surface area contributed by atoms with Crippen molar-refractivity contribution < 1.29 is 4.79 Å². The first-order valence-corrected chi connectivity index (χ1v) is 8.33. The van der Waals surface area contributed by atoms with E-state index in [2.05, 4.69) is 43.0 Å². The van der Waals surface area contributed by atoms with E-state index in [1.54, 1.807) is 6.92 Å². The summed E-state index contributed by atoms with van der Waals surface area (Å²) in [5.41, 5.74) is 7.17. The van der Waals surface area contributed by atoms with E-state index >= 15 is 0 Å². The second-order valence-corrected chi connectivity index (χ2v) is 6.64. The number of carbonyl (C=O) groups is 1. The number of carbonyl (C=O) groups excluding carboxylic acids is 1. The van der Waals surface area contributed by atoms with Gasteiger partial charge in [0.1, 0.15) is 0 Å². The van der Waals surface area contributed by atoms with Crippen molar-refractivity contribution in [2.75, 3.05) is 13.1 Å². The third kappa shape index (κ3) is 4.31. The SMILES string of the molecule is CC(N)C(=O)N(C(C)C)C1CCCN(Cc2ccccc2)C1. The van der Waals surface area contributed by atoms with Gasteiger partial charge in [-0.05, 0) is 45.7 Å². The summed E-state index contributed by atoms with van der Waals surface area (Å²) in [4.78, 5) is 16.9. The quantitative estimate of drug-likeness (QED) is 0.907. The van der Waals surface area contributed by atoms with Gasteiger partial charge in [0.05, 0.1) is 6.04 Å². The van der Waals surface area contributed by atoms with Crippen molar-refractivity contribution in [2.45, 2.75) is 58.3 Å². The van der Waals surface area contributed by atoms with Crippen LogP contribution in [0.1, 0.15) is 39.2 Å². The second-order valence-electron chi connectivity index (χ2n) is 6.64. The molecule has 1 amide bonds. The average molecular weight is 303 g/mol. The van der Waals surface area contributed by atoms with Crippen LogP contribution in [0.5, 0.6) is 0 Å². The topological polar surface area (TPSA) is 49.6 Å². The first-order valence-electron chi connectivity index (χ1n) is 8.33. The number of amides is 1. The number of likely N-dealkylation sites (tertiary alicyclic amines) is 1. The van der Waals surface area contributed by atoms with Crippen molar-refractivity contribution >= 4 is 5.91 Å². The smallest absolute Gasteiger partial charge is 0.239 e. The fourth-order valence-corrected chi connectivity index (χ4v) is 3.33. The second kappa shape index (κ2) is 7.75. The number of hydrogen-bond donors (Lipinski definition) is 1. The van der Waals surface area contributed by atoms with E-state index in [9.17, 15) is 4.79 Å². The van der Waals surface area contributed by atoms with Crippen LogP contribution < -0.4 is 5.73 Å². The number of nitrogens with two attached hydrogens (primary N) is 1. The first kappa shape index (κ1) is 17.0.